The lowest BCUT2D eigenvalue weighted by Gasteiger charge is -2.31. The van der Waals surface area contributed by atoms with Crippen molar-refractivity contribution >= 4 is 69.1 Å². The second-order valence-corrected chi connectivity index (χ2v) is 8.20. The molecule has 2 aromatic carbocycles. The Balaban J connectivity index is 1.97. The highest BCUT2D eigenvalue weighted by molar-refractivity contribution is 6.42. The Morgan fingerprint density at radius 2 is 1.78 bits per heavy atom. The van der Waals surface area contributed by atoms with E-state index >= 15 is 0 Å². The topological polar surface area (TPSA) is 41.3 Å². The van der Waals surface area contributed by atoms with Crippen LogP contribution in [0.5, 0.6) is 0 Å². The second kappa shape index (κ2) is 7.34. The number of fused-ring (bicyclic) bond motifs is 3. The molecular weight excluding hydrogens is 428 g/mol. The van der Waals surface area contributed by atoms with Crippen molar-refractivity contribution in [1.29, 1.82) is 0 Å². The fraction of sp³-hybridized carbons (Fsp3) is 0.316. The smallest absolute Gasteiger partial charge is 0.211 e. The van der Waals surface area contributed by atoms with Gasteiger partial charge in [0.05, 0.1) is 32.4 Å². The number of aryl methyl sites for hydroxylation is 1. The van der Waals surface area contributed by atoms with Gasteiger partial charge in [-0.05, 0) is 31.0 Å². The second-order valence-electron chi connectivity index (χ2n) is 6.54. The molecule has 0 saturated heterocycles. The molecule has 8 heteroatoms. The Morgan fingerprint density at radius 1 is 1.07 bits per heavy atom. The highest BCUT2D eigenvalue weighted by atomic mass is 35.5. The van der Waals surface area contributed by atoms with Crippen LogP contribution in [0.25, 0.3) is 11.0 Å². The molecule has 0 saturated carbocycles. The number of aliphatic hydroxyl groups excluding tert-OH is 1. The van der Waals surface area contributed by atoms with Gasteiger partial charge < -0.3 is 14.6 Å². The van der Waals surface area contributed by atoms with E-state index in [-0.39, 0.29) is 0 Å². The third-order valence-corrected chi connectivity index (χ3v) is 5.96. The van der Waals surface area contributed by atoms with Crippen LogP contribution in [0.2, 0.25) is 20.1 Å². The van der Waals surface area contributed by atoms with Crippen molar-refractivity contribution in [3.63, 3.8) is 0 Å². The molecular formula is C19H17Cl4N3O. The molecule has 4 rings (SSSR count). The molecule has 2 heterocycles. The van der Waals surface area contributed by atoms with Crippen LogP contribution in [0.1, 0.15) is 31.4 Å². The maximum atomic E-state index is 10.5. The number of hydrogen-bond donors (Lipinski definition) is 1. The zero-order valence-corrected chi connectivity index (χ0v) is 17.5. The lowest BCUT2D eigenvalue weighted by Crippen LogP contribution is -2.28. The summed E-state index contributed by atoms with van der Waals surface area (Å²) in [5.74, 6) is 0.708. The van der Waals surface area contributed by atoms with Gasteiger partial charge in [-0.15, -0.1) is 0 Å². The molecule has 3 aromatic rings. The SMILES string of the molecule is CCC(O)c1ccc(Cl)c2nc3n(c12)CCCN3c1c(Cl)cc(Cl)cc1Cl. The summed E-state index contributed by atoms with van der Waals surface area (Å²) < 4.78 is 2.08. The van der Waals surface area contributed by atoms with Crippen LogP contribution in [0.4, 0.5) is 11.6 Å². The standard InChI is InChI=1S/C19H17Cl4N3O/c1-2-15(27)11-4-5-12(21)16-17(11)25-6-3-7-26(19(25)24-16)18-13(22)8-10(20)9-14(18)23/h4-5,8-9,15,27H,2-3,6-7H2,1H3. The van der Waals surface area contributed by atoms with Crippen LogP contribution in [-0.4, -0.2) is 21.2 Å². The van der Waals surface area contributed by atoms with Crippen LogP contribution in [0, 0.1) is 0 Å². The van der Waals surface area contributed by atoms with E-state index in [2.05, 4.69) is 4.57 Å². The molecule has 142 valence electrons. The minimum Gasteiger partial charge on any atom is -0.388 e. The first-order valence-electron chi connectivity index (χ1n) is 8.71. The maximum Gasteiger partial charge on any atom is 0.211 e. The molecule has 0 radical (unpaired) electrons. The summed E-state index contributed by atoms with van der Waals surface area (Å²) >= 11 is 25.4. The van der Waals surface area contributed by atoms with Crippen molar-refractivity contribution in [2.24, 2.45) is 0 Å². The lowest BCUT2D eigenvalue weighted by molar-refractivity contribution is 0.175. The molecule has 1 aliphatic heterocycles. The molecule has 4 nitrogen and oxygen atoms in total. The van der Waals surface area contributed by atoms with E-state index in [0.29, 0.717) is 50.2 Å². The Bertz CT molecular complexity index is 1010. The number of nitrogens with zero attached hydrogens (tertiary/aromatic N) is 3. The van der Waals surface area contributed by atoms with E-state index in [4.69, 9.17) is 51.4 Å². The Morgan fingerprint density at radius 3 is 2.44 bits per heavy atom. The van der Waals surface area contributed by atoms with E-state index in [1.807, 2.05) is 17.9 Å². The summed E-state index contributed by atoms with van der Waals surface area (Å²) in [4.78, 5) is 6.78. The number of aromatic nitrogens is 2. The fourth-order valence-corrected chi connectivity index (χ4v) is 4.83. The summed E-state index contributed by atoms with van der Waals surface area (Å²) in [5.41, 5.74) is 3.03. The first kappa shape index (κ1) is 19.2. The number of imidazole rings is 1. The first-order chi connectivity index (χ1) is 12.9. The Kier molecular flexibility index (Phi) is 5.21. The molecule has 1 aliphatic rings. The summed E-state index contributed by atoms with van der Waals surface area (Å²) in [5, 5.41) is 12.4. The highest BCUT2D eigenvalue weighted by Crippen LogP contribution is 2.43. The molecule has 1 atom stereocenters. The van der Waals surface area contributed by atoms with E-state index < -0.39 is 6.10 Å². The number of benzene rings is 2. The number of halogens is 4. The Labute approximate surface area is 177 Å². The number of aliphatic hydroxyl groups is 1. The van der Waals surface area contributed by atoms with Crippen LogP contribution in [0.3, 0.4) is 0 Å². The van der Waals surface area contributed by atoms with Gasteiger partial charge in [0.2, 0.25) is 5.95 Å². The molecule has 1 unspecified atom stereocenters. The maximum absolute atomic E-state index is 10.5. The quantitative estimate of drug-likeness (QED) is 0.492. The largest absolute Gasteiger partial charge is 0.388 e. The zero-order chi connectivity index (χ0) is 19.3. The summed E-state index contributed by atoms with van der Waals surface area (Å²) in [6, 6.07) is 7.00. The highest BCUT2D eigenvalue weighted by Gasteiger charge is 2.28. The van der Waals surface area contributed by atoms with Gasteiger partial charge in [0.15, 0.2) is 0 Å². The van der Waals surface area contributed by atoms with Crippen LogP contribution in [0.15, 0.2) is 24.3 Å². The molecule has 0 fully saturated rings. The van der Waals surface area contributed by atoms with Crippen molar-refractivity contribution in [2.45, 2.75) is 32.4 Å². The van der Waals surface area contributed by atoms with Gasteiger partial charge in [-0.3, -0.25) is 0 Å². The van der Waals surface area contributed by atoms with Crippen molar-refractivity contribution in [1.82, 2.24) is 9.55 Å². The van der Waals surface area contributed by atoms with Crippen LogP contribution < -0.4 is 4.90 Å². The lowest BCUT2D eigenvalue weighted by atomic mass is 10.1. The van der Waals surface area contributed by atoms with Gasteiger partial charge in [0.1, 0.15) is 5.52 Å². The molecule has 1 aromatic heterocycles. The van der Waals surface area contributed by atoms with Gasteiger partial charge in [-0.1, -0.05) is 59.4 Å². The first-order valence-corrected chi connectivity index (χ1v) is 10.2. The van der Waals surface area contributed by atoms with Gasteiger partial charge in [-0.25, -0.2) is 4.98 Å². The van der Waals surface area contributed by atoms with Crippen molar-refractivity contribution in [2.75, 3.05) is 11.4 Å². The monoisotopic (exact) mass is 443 g/mol. The molecule has 0 amide bonds. The zero-order valence-electron chi connectivity index (χ0n) is 14.5. The van der Waals surface area contributed by atoms with Gasteiger partial charge in [0.25, 0.3) is 0 Å². The Hall–Kier alpha value is -1.17. The molecule has 0 spiro atoms. The van der Waals surface area contributed by atoms with Gasteiger partial charge in [0, 0.05) is 23.7 Å². The fourth-order valence-electron chi connectivity index (χ4n) is 3.62. The van der Waals surface area contributed by atoms with Crippen LogP contribution >= 0.6 is 46.4 Å². The average Bonchev–Trinajstić information content (AvgIpc) is 3.02. The van der Waals surface area contributed by atoms with Crippen LogP contribution in [-0.2, 0) is 6.54 Å². The molecule has 27 heavy (non-hydrogen) atoms. The van der Waals surface area contributed by atoms with E-state index in [1.165, 1.54) is 0 Å². The minimum absolute atomic E-state index is 0.466. The third-order valence-electron chi connectivity index (χ3n) is 4.86. The van der Waals surface area contributed by atoms with Crippen molar-refractivity contribution in [3.05, 3.63) is 49.9 Å². The van der Waals surface area contributed by atoms with E-state index in [1.54, 1.807) is 18.2 Å². The summed E-state index contributed by atoms with van der Waals surface area (Å²) in [6.45, 7) is 3.43. The average molecular weight is 445 g/mol. The van der Waals surface area contributed by atoms with Crippen molar-refractivity contribution in [3.8, 4) is 0 Å². The molecule has 0 bridgehead atoms. The predicted molar refractivity (Wildman–Crippen MR) is 113 cm³/mol. The summed E-state index contributed by atoms with van der Waals surface area (Å²) in [6.07, 6.45) is 0.904. The number of anilines is 2. The van der Waals surface area contributed by atoms with E-state index in [9.17, 15) is 5.11 Å². The molecule has 1 N–H and O–H groups in total. The molecule has 0 aliphatic carbocycles. The number of rotatable bonds is 3. The minimum atomic E-state index is -0.580. The van der Waals surface area contributed by atoms with Gasteiger partial charge >= 0.3 is 0 Å². The van der Waals surface area contributed by atoms with Crippen molar-refractivity contribution < 1.29 is 5.11 Å². The number of hydrogen-bond acceptors (Lipinski definition) is 3. The predicted octanol–water partition coefficient (Wildman–Crippen LogP) is 6.64. The van der Waals surface area contributed by atoms with Gasteiger partial charge in [-0.2, -0.15) is 0 Å². The summed E-state index contributed by atoms with van der Waals surface area (Å²) in [7, 11) is 0. The normalized spacial score (nSPS) is 15.3. The van der Waals surface area contributed by atoms with E-state index in [0.717, 1.165) is 24.0 Å². The third kappa shape index (κ3) is 3.18.